The Bertz CT molecular complexity index is 938. The van der Waals surface area contributed by atoms with Crippen LogP contribution in [0.2, 0.25) is 0 Å². The SMILES string of the molecule is O=C1C(=Cc2cc([N+](=O)[O-])cc([N+](=O)[O-])c2[O-])Sc2ccccc21. The average Bonchev–Trinajstić information content (AvgIpc) is 2.85. The standard InChI is InChI=1S/C15H8N2O6S/c18-14-8(5-9(16(20)21)7-11(14)17(22)23)6-13-15(19)10-3-1-2-4-12(10)24-13/h1-7,18H/p-1. The smallest absolute Gasteiger partial charge is 0.276 e. The Balaban J connectivity index is 2.12. The molecule has 9 heteroatoms. The van der Waals surface area contributed by atoms with Gasteiger partial charge in [0.2, 0.25) is 5.78 Å². The number of nitrogens with zero attached hydrogens (tertiary/aromatic N) is 2. The van der Waals surface area contributed by atoms with Crippen molar-refractivity contribution in [2.45, 2.75) is 4.90 Å². The van der Waals surface area contributed by atoms with E-state index >= 15 is 0 Å². The van der Waals surface area contributed by atoms with Crippen molar-refractivity contribution in [1.29, 1.82) is 0 Å². The molecule has 24 heavy (non-hydrogen) atoms. The van der Waals surface area contributed by atoms with Gasteiger partial charge in [0.05, 0.1) is 20.8 Å². The molecule has 120 valence electrons. The fraction of sp³-hybridized carbons (Fsp3) is 0. The number of Topliss-reactive ketones (excluding diaryl/α,β-unsaturated/α-hetero) is 1. The van der Waals surface area contributed by atoms with Crippen LogP contribution < -0.4 is 5.11 Å². The van der Waals surface area contributed by atoms with Gasteiger partial charge in [0.25, 0.3) is 11.4 Å². The van der Waals surface area contributed by atoms with Gasteiger partial charge in [-0.2, -0.15) is 0 Å². The number of hydrogen-bond donors (Lipinski definition) is 0. The lowest BCUT2D eigenvalue weighted by Gasteiger charge is -2.11. The van der Waals surface area contributed by atoms with E-state index in [0.717, 1.165) is 23.9 Å². The highest BCUT2D eigenvalue weighted by atomic mass is 32.2. The van der Waals surface area contributed by atoms with E-state index in [2.05, 4.69) is 0 Å². The molecule has 0 spiro atoms. The molecule has 0 atom stereocenters. The molecule has 0 aromatic heterocycles. The molecule has 2 aromatic carbocycles. The Labute approximate surface area is 138 Å². The number of non-ortho nitro benzene ring substituents is 1. The number of benzene rings is 2. The van der Waals surface area contributed by atoms with E-state index in [1.165, 1.54) is 0 Å². The zero-order chi connectivity index (χ0) is 17.4. The molecule has 0 aliphatic carbocycles. The second-order valence-corrected chi connectivity index (χ2v) is 5.92. The van der Waals surface area contributed by atoms with Crippen LogP contribution in [0.3, 0.4) is 0 Å². The van der Waals surface area contributed by atoms with Crippen LogP contribution in [0.4, 0.5) is 11.4 Å². The third-order valence-corrected chi connectivity index (χ3v) is 4.45. The van der Waals surface area contributed by atoms with Crippen LogP contribution in [0.25, 0.3) is 6.08 Å². The van der Waals surface area contributed by atoms with Crippen LogP contribution in [-0.2, 0) is 0 Å². The number of nitro benzene ring substituents is 2. The van der Waals surface area contributed by atoms with Gasteiger partial charge in [-0.3, -0.25) is 25.0 Å². The van der Waals surface area contributed by atoms with E-state index in [9.17, 15) is 30.1 Å². The zero-order valence-electron chi connectivity index (χ0n) is 11.8. The molecule has 1 aliphatic heterocycles. The Morgan fingerprint density at radius 1 is 1.04 bits per heavy atom. The first-order valence-corrected chi connectivity index (χ1v) is 7.37. The highest BCUT2D eigenvalue weighted by molar-refractivity contribution is 8.04. The predicted octanol–water partition coefficient (Wildman–Crippen LogP) is 2.91. The molecule has 0 N–H and O–H groups in total. The van der Waals surface area contributed by atoms with Gasteiger partial charge in [0.15, 0.2) is 0 Å². The van der Waals surface area contributed by atoms with E-state index in [-0.39, 0.29) is 16.3 Å². The summed E-state index contributed by atoms with van der Waals surface area (Å²) >= 11 is 1.11. The van der Waals surface area contributed by atoms with Crippen molar-refractivity contribution in [3.05, 3.63) is 72.7 Å². The quantitative estimate of drug-likeness (QED) is 0.476. The van der Waals surface area contributed by atoms with Crippen molar-refractivity contribution in [3.63, 3.8) is 0 Å². The molecular formula is C15H7N2O6S-. The third-order valence-electron chi connectivity index (χ3n) is 3.35. The largest absolute Gasteiger partial charge is 0.867 e. The number of thioether (sulfide) groups is 1. The molecule has 0 radical (unpaired) electrons. The van der Waals surface area contributed by atoms with Crippen molar-refractivity contribution >= 4 is 35.0 Å². The summed E-state index contributed by atoms with van der Waals surface area (Å²) < 4.78 is 0. The number of hydrogen-bond acceptors (Lipinski definition) is 7. The van der Waals surface area contributed by atoms with E-state index in [4.69, 9.17) is 0 Å². The first-order valence-electron chi connectivity index (χ1n) is 6.55. The summed E-state index contributed by atoms with van der Waals surface area (Å²) in [6.45, 7) is 0. The molecular weight excluding hydrogens is 336 g/mol. The molecule has 3 rings (SSSR count). The minimum atomic E-state index is -0.976. The fourth-order valence-electron chi connectivity index (χ4n) is 2.25. The van der Waals surface area contributed by atoms with E-state index in [1.807, 2.05) is 0 Å². The summed E-state index contributed by atoms with van der Waals surface area (Å²) in [4.78, 5) is 33.2. The maximum Gasteiger partial charge on any atom is 0.276 e. The molecule has 0 saturated carbocycles. The van der Waals surface area contributed by atoms with Crippen LogP contribution in [-0.4, -0.2) is 15.6 Å². The van der Waals surface area contributed by atoms with Gasteiger partial charge in [0, 0.05) is 16.5 Å². The lowest BCUT2D eigenvalue weighted by atomic mass is 10.1. The number of ketones is 1. The second-order valence-electron chi connectivity index (χ2n) is 4.83. The van der Waals surface area contributed by atoms with Gasteiger partial charge in [-0.15, -0.1) is 0 Å². The van der Waals surface area contributed by atoms with Crippen LogP contribution in [0, 0.1) is 20.2 Å². The molecule has 0 fully saturated rings. The lowest BCUT2D eigenvalue weighted by molar-refractivity contribution is -0.403. The van der Waals surface area contributed by atoms with Crippen LogP contribution in [0.5, 0.6) is 5.75 Å². The number of allylic oxidation sites excluding steroid dienone is 1. The number of fused-ring (bicyclic) bond motifs is 1. The molecule has 2 aromatic rings. The number of carbonyl (C=O) groups excluding carboxylic acids is 1. The van der Waals surface area contributed by atoms with Gasteiger partial charge >= 0.3 is 0 Å². The molecule has 0 amide bonds. The maximum absolute atomic E-state index is 12.3. The van der Waals surface area contributed by atoms with Gasteiger partial charge in [-0.05, 0) is 29.5 Å². The van der Waals surface area contributed by atoms with Crippen molar-refractivity contribution in [1.82, 2.24) is 0 Å². The van der Waals surface area contributed by atoms with E-state index in [0.29, 0.717) is 16.5 Å². The summed E-state index contributed by atoms with van der Waals surface area (Å²) in [6, 6.07) is 8.34. The molecule has 1 heterocycles. The first-order chi connectivity index (χ1) is 11.4. The number of rotatable bonds is 3. The van der Waals surface area contributed by atoms with Crippen molar-refractivity contribution < 1.29 is 19.7 Å². The van der Waals surface area contributed by atoms with Crippen LogP contribution in [0.1, 0.15) is 15.9 Å². The Hall–Kier alpha value is -3.20. The third kappa shape index (κ3) is 2.61. The van der Waals surface area contributed by atoms with Gasteiger partial charge in [0.1, 0.15) is 0 Å². The average molecular weight is 343 g/mol. The maximum atomic E-state index is 12.3. The van der Waals surface area contributed by atoms with Gasteiger partial charge in [-0.1, -0.05) is 23.9 Å². The Morgan fingerprint density at radius 3 is 2.38 bits per heavy atom. The number of nitro groups is 2. The highest BCUT2D eigenvalue weighted by Gasteiger charge is 2.26. The molecule has 0 bridgehead atoms. The van der Waals surface area contributed by atoms with Gasteiger partial charge < -0.3 is 5.11 Å². The fourth-order valence-corrected chi connectivity index (χ4v) is 3.29. The Morgan fingerprint density at radius 2 is 1.75 bits per heavy atom. The topological polar surface area (TPSA) is 126 Å². The summed E-state index contributed by atoms with van der Waals surface area (Å²) in [5.74, 6) is -1.30. The summed E-state index contributed by atoms with van der Waals surface area (Å²) in [5, 5.41) is 33.9. The molecule has 8 nitrogen and oxygen atoms in total. The molecule has 0 saturated heterocycles. The minimum Gasteiger partial charge on any atom is -0.867 e. The first kappa shape index (κ1) is 15.7. The number of carbonyl (C=O) groups is 1. The van der Waals surface area contributed by atoms with Crippen LogP contribution >= 0.6 is 11.8 Å². The minimum absolute atomic E-state index is 0.183. The van der Waals surface area contributed by atoms with E-state index in [1.54, 1.807) is 24.3 Å². The second kappa shape index (κ2) is 5.78. The van der Waals surface area contributed by atoms with Gasteiger partial charge in [-0.25, -0.2) is 0 Å². The Kier molecular flexibility index (Phi) is 3.78. The molecule has 1 aliphatic rings. The highest BCUT2D eigenvalue weighted by Crippen LogP contribution is 2.42. The van der Waals surface area contributed by atoms with Crippen molar-refractivity contribution in [3.8, 4) is 5.75 Å². The molecule has 0 unspecified atom stereocenters. The monoisotopic (exact) mass is 343 g/mol. The van der Waals surface area contributed by atoms with Crippen molar-refractivity contribution in [2.24, 2.45) is 0 Å². The van der Waals surface area contributed by atoms with Crippen molar-refractivity contribution in [2.75, 3.05) is 0 Å². The zero-order valence-corrected chi connectivity index (χ0v) is 12.6. The summed E-state index contributed by atoms with van der Waals surface area (Å²) in [5.41, 5.74) is -1.29. The van der Waals surface area contributed by atoms with E-state index < -0.39 is 27.0 Å². The summed E-state index contributed by atoms with van der Waals surface area (Å²) in [6.07, 6.45) is 1.16. The predicted molar refractivity (Wildman–Crippen MR) is 83.8 cm³/mol. The normalized spacial score (nSPS) is 14.7. The van der Waals surface area contributed by atoms with Crippen LogP contribution in [0.15, 0.2) is 46.2 Å². The summed E-state index contributed by atoms with van der Waals surface area (Å²) in [7, 11) is 0. The lowest BCUT2D eigenvalue weighted by Crippen LogP contribution is -2.03.